The van der Waals surface area contributed by atoms with Gasteiger partial charge in [0.05, 0.1) is 4.88 Å². The van der Waals surface area contributed by atoms with Crippen molar-refractivity contribution < 1.29 is 9.59 Å². The number of benzene rings is 1. The Hall–Kier alpha value is -3.19. The van der Waals surface area contributed by atoms with E-state index in [9.17, 15) is 9.59 Å². The number of carbonyl (C=O) groups is 2. The summed E-state index contributed by atoms with van der Waals surface area (Å²) in [6, 6.07) is 15.8. The van der Waals surface area contributed by atoms with Crippen molar-refractivity contribution in [3.05, 3.63) is 82.3 Å². The molecule has 158 valence electrons. The van der Waals surface area contributed by atoms with Crippen molar-refractivity contribution in [2.45, 2.75) is 18.3 Å². The number of amides is 3. The molecular weight excluding hydrogens is 408 g/mol. The maximum Gasteiger partial charge on any atom is 0.321 e. The van der Waals surface area contributed by atoms with E-state index < -0.39 is 0 Å². The van der Waals surface area contributed by atoms with Crippen LogP contribution in [-0.2, 0) is 0 Å². The van der Waals surface area contributed by atoms with Crippen LogP contribution in [-0.4, -0.2) is 52.9 Å². The summed E-state index contributed by atoms with van der Waals surface area (Å²) in [4.78, 5) is 33.8. The summed E-state index contributed by atoms with van der Waals surface area (Å²) < 4.78 is 0. The molecule has 1 N–H and O–H groups in total. The number of thiophene rings is 1. The van der Waals surface area contributed by atoms with E-state index in [0.717, 1.165) is 30.1 Å². The van der Waals surface area contributed by atoms with Crippen LogP contribution in [0.2, 0.25) is 0 Å². The summed E-state index contributed by atoms with van der Waals surface area (Å²) in [5.74, 6) is 0.828. The van der Waals surface area contributed by atoms with Gasteiger partial charge < -0.3 is 15.1 Å². The molecule has 0 saturated carbocycles. The number of anilines is 1. The highest BCUT2D eigenvalue weighted by atomic mass is 32.1. The van der Waals surface area contributed by atoms with Crippen molar-refractivity contribution in [1.82, 2.24) is 14.8 Å². The molecule has 2 aromatic heterocycles. The zero-order chi connectivity index (χ0) is 21.2. The maximum atomic E-state index is 12.6. The number of likely N-dealkylation sites (tertiary alicyclic amines) is 2. The first kappa shape index (κ1) is 19.8. The Bertz CT molecular complexity index is 1050. The number of urea groups is 1. The molecule has 3 aromatic rings. The fourth-order valence-corrected chi connectivity index (χ4v) is 4.98. The van der Waals surface area contributed by atoms with Crippen LogP contribution in [0.25, 0.3) is 0 Å². The molecule has 1 aromatic carbocycles. The molecule has 0 radical (unpaired) electrons. The van der Waals surface area contributed by atoms with Crippen LogP contribution in [0.15, 0.2) is 66.3 Å². The number of rotatable bonds is 4. The highest BCUT2D eigenvalue weighted by Gasteiger charge is 2.32. The van der Waals surface area contributed by atoms with E-state index >= 15 is 0 Å². The molecule has 1 unspecified atom stereocenters. The van der Waals surface area contributed by atoms with Crippen LogP contribution in [0.3, 0.4) is 0 Å². The summed E-state index contributed by atoms with van der Waals surface area (Å²) in [6.07, 6.45) is 4.60. The minimum atomic E-state index is -0.0681. The van der Waals surface area contributed by atoms with Gasteiger partial charge in [-0.15, -0.1) is 11.3 Å². The van der Waals surface area contributed by atoms with Gasteiger partial charge in [0.2, 0.25) is 0 Å². The molecule has 4 heterocycles. The Morgan fingerprint density at radius 2 is 1.74 bits per heavy atom. The lowest BCUT2D eigenvalue weighted by atomic mass is 9.93. The molecule has 0 spiro atoms. The Morgan fingerprint density at radius 3 is 2.45 bits per heavy atom. The summed E-state index contributed by atoms with van der Waals surface area (Å²) in [6.45, 7) is 2.95. The van der Waals surface area contributed by atoms with E-state index in [2.05, 4.69) is 28.5 Å². The number of nitrogens with zero attached hydrogens (tertiary/aromatic N) is 3. The molecule has 6 nitrogen and oxygen atoms in total. The number of carbonyl (C=O) groups excluding carboxylic acids is 2. The lowest BCUT2D eigenvalue weighted by Gasteiger charge is -2.39. The predicted molar refractivity (Wildman–Crippen MR) is 122 cm³/mol. The molecule has 0 bridgehead atoms. The third kappa shape index (κ3) is 4.18. The molecule has 2 aliphatic heterocycles. The Kier molecular flexibility index (Phi) is 5.42. The van der Waals surface area contributed by atoms with Gasteiger partial charge in [-0.3, -0.25) is 9.78 Å². The number of pyridine rings is 1. The average molecular weight is 433 g/mol. The van der Waals surface area contributed by atoms with Crippen molar-refractivity contribution in [3.63, 3.8) is 0 Å². The Morgan fingerprint density at radius 1 is 0.935 bits per heavy atom. The van der Waals surface area contributed by atoms with E-state index in [4.69, 9.17) is 0 Å². The number of hydrogen-bond acceptors (Lipinski definition) is 4. The van der Waals surface area contributed by atoms with Crippen LogP contribution in [0, 0.1) is 0 Å². The van der Waals surface area contributed by atoms with E-state index in [1.807, 2.05) is 51.7 Å². The van der Waals surface area contributed by atoms with Crippen LogP contribution >= 0.6 is 11.3 Å². The second-order valence-electron chi connectivity index (χ2n) is 8.15. The van der Waals surface area contributed by atoms with Gasteiger partial charge in [0, 0.05) is 56.1 Å². The third-order valence-corrected chi connectivity index (χ3v) is 7.02. The first-order valence-corrected chi connectivity index (χ1v) is 11.4. The van der Waals surface area contributed by atoms with Crippen molar-refractivity contribution in [1.29, 1.82) is 0 Å². The first-order chi connectivity index (χ1) is 15.2. The molecule has 3 amide bonds. The zero-order valence-corrected chi connectivity index (χ0v) is 17.9. The van der Waals surface area contributed by atoms with Crippen molar-refractivity contribution >= 4 is 29.0 Å². The van der Waals surface area contributed by atoms with E-state index in [1.54, 1.807) is 6.20 Å². The highest BCUT2D eigenvalue weighted by Crippen LogP contribution is 2.30. The van der Waals surface area contributed by atoms with Gasteiger partial charge in [0.1, 0.15) is 0 Å². The number of nitrogens with one attached hydrogen (secondary N) is 1. The Labute approximate surface area is 185 Å². The smallest absolute Gasteiger partial charge is 0.321 e. The fraction of sp³-hybridized carbons (Fsp3) is 0.292. The van der Waals surface area contributed by atoms with E-state index in [0.29, 0.717) is 24.9 Å². The van der Waals surface area contributed by atoms with Crippen molar-refractivity contribution in [2.75, 3.05) is 31.5 Å². The quantitative estimate of drug-likeness (QED) is 0.664. The van der Waals surface area contributed by atoms with Crippen molar-refractivity contribution in [2.24, 2.45) is 0 Å². The SMILES string of the molecule is O=C(Nc1ccc(C2CCN(C(=O)c3cccs3)C2)cc1)N1CC(c2cccnc2)C1. The van der Waals surface area contributed by atoms with Crippen LogP contribution < -0.4 is 5.32 Å². The van der Waals surface area contributed by atoms with E-state index in [-0.39, 0.29) is 11.9 Å². The molecule has 7 heteroatoms. The summed E-state index contributed by atoms with van der Waals surface area (Å²) in [5.41, 5.74) is 3.18. The van der Waals surface area contributed by atoms with E-state index in [1.165, 1.54) is 22.5 Å². The Balaban J connectivity index is 1.13. The topological polar surface area (TPSA) is 65.5 Å². The molecule has 5 rings (SSSR count). The minimum Gasteiger partial charge on any atom is -0.337 e. The van der Waals surface area contributed by atoms with Gasteiger partial charge in [-0.05, 0) is 47.2 Å². The monoisotopic (exact) mass is 432 g/mol. The maximum absolute atomic E-state index is 12.6. The summed E-state index contributed by atoms with van der Waals surface area (Å²) in [7, 11) is 0. The number of aromatic nitrogens is 1. The zero-order valence-electron chi connectivity index (χ0n) is 17.1. The third-order valence-electron chi connectivity index (χ3n) is 6.17. The molecule has 2 aliphatic rings. The van der Waals surface area contributed by atoms with Crippen LogP contribution in [0.4, 0.5) is 10.5 Å². The van der Waals surface area contributed by atoms with Crippen LogP contribution in [0.1, 0.15) is 39.1 Å². The lowest BCUT2D eigenvalue weighted by molar-refractivity contribution is 0.0795. The first-order valence-electron chi connectivity index (χ1n) is 10.6. The molecule has 0 aliphatic carbocycles. The standard InChI is InChI=1S/C24H24N4O2S/c29-23(22-4-2-12-31-22)27-11-9-19(14-27)17-5-7-21(8-6-17)26-24(30)28-15-20(16-28)18-3-1-10-25-13-18/h1-8,10,12-13,19-20H,9,11,14-16H2,(H,26,30). The van der Waals surface area contributed by atoms with Gasteiger partial charge in [0.25, 0.3) is 5.91 Å². The predicted octanol–water partition coefficient (Wildman–Crippen LogP) is 4.40. The van der Waals surface area contributed by atoms with Crippen LogP contribution in [0.5, 0.6) is 0 Å². The van der Waals surface area contributed by atoms with Gasteiger partial charge >= 0.3 is 6.03 Å². The van der Waals surface area contributed by atoms with Gasteiger partial charge in [-0.1, -0.05) is 24.3 Å². The largest absolute Gasteiger partial charge is 0.337 e. The molecular formula is C24H24N4O2S. The normalized spacial score (nSPS) is 18.6. The average Bonchev–Trinajstić information content (AvgIpc) is 3.46. The fourth-order valence-electron chi connectivity index (χ4n) is 4.29. The molecule has 31 heavy (non-hydrogen) atoms. The summed E-state index contributed by atoms with van der Waals surface area (Å²) >= 11 is 1.49. The molecule has 2 fully saturated rings. The second kappa shape index (κ2) is 8.51. The summed E-state index contributed by atoms with van der Waals surface area (Å²) in [5, 5.41) is 4.92. The number of hydrogen-bond donors (Lipinski definition) is 1. The second-order valence-corrected chi connectivity index (χ2v) is 9.10. The molecule has 2 saturated heterocycles. The highest BCUT2D eigenvalue weighted by molar-refractivity contribution is 7.12. The van der Waals surface area contributed by atoms with Gasteiger partial charge in [-0.2, -0.15) is 0 Å². The van der Waals surface area contributed by atoms with Crippen molar-refractivity contribution in [3.8, 4) is 0 Å². The van der Waals surface area contributed by atoms with Gasteiger partial charge in [0.15, 0.2) is 0 Å². The molecule has 1 atom stereocenters. The lowest BCUT2D eigenvalue weighted by Crippen LogP contribution is -2.50. The van der Waals surface area contributed by atoms with Gasteiger partial charge in [-0.25, -0.2) is 4.79 Å². The minimum absolute atomic E-state index is 0.0681.